The summed E-state index contributed by atoms with van der Waals surface area (Å²) in [5.41, 5.74) is 6.18. The van der Waals surface area contributed by atoms with Gasteiger partial charge in [-0.2, -0.15) is 0 Å². The van der Waals surface area contributed by atoms with Gasteiger partial charge >= 0.3 is 0 Å². The van der Waals surface area contributed by atoms with Crippen LogP contribution in [0.5, 0.6) is 17.2 Å². The van der Waals surface area contributed by atoms with Gasteiger partial charge in [-0.05, 0) is 30.3 Å². The Morgan fingerprint density at radius 3 is 2.56 bits per heavy atom. The molecule has 0 aromatic heterocycles. The molecule has 18 heavy (non-hydrogen) atoms. The number of methoxy groups -OCH3 is 1. The lowest BCUT2D eigenvalue weighted by Crippen LogP contribution is -1.95. The number of nitrogens with two attached hydrogens (primary N) is 1. The minimum atomic E-state index is -0.451. The largest absolute Gasteiger partial charge is 0.497 e. The second-order valence-electron chi connectivity index (χ2n) is 3.58. The van der Waals surface area contributed by atoms with E-state index in [-0.39, 0.29) is 5.75 Å². The molecule has 0 saturated carbocycles. The van der Waals surface area contributed by atoms with E-state index in [4.69, 9.17) is 15.2 Å². The summed E-state index contributed by atoms with van der Waals surface area (Å²) >= 11 is 3.25. The van der Waals surface area contributed by atoms with Crippen LogP contribution in [0.25, 0.3) is 0 Å². The normalized spacial score (nSPS) is 10.2. The van der Waals surface area contributed by atoms with Crippen molar-refractivity contribution >= 4 is 21.6 Å². The topological polar surface area (TPSA) is 44.5 Å². The quantitative estimate of drug-likeness (QED) is 0.872. The fourth-order valence-corrected chi connectivity index (χ4v) is 1.76. The van der Waals surface area contributed by atoms with Crippen LogP contribution in [0.15, 0.2) is 40.9 Å². The van der Waals surface area contributed by atoms with Crippen LogP contribution in [-0.2, 0) is 0 Å². The third-order valence-corrected chi connectivity index (χ3v) is 2.82. The highest BCUT2D eigenvalue weighted by Crippen LogP contribution is 2.33. The Hall–Kier alpha value is -1.75. The summed E-state index contributed by atoms with van der Waals surface area (Å²) in [6.07, 6.45) is 0. The van der Waals surface area contributed by atoms with Crippen molar-refractivity contribution in [2.45, 2.75) is 0 Å². The molecule has 2 aromatic carbocycles. The van der Waals surface area contributed by atoms with E-state index in [2.05, 4.69) is 15.9 Å². The number of ether oxygens (including phenoxy) is 2. The average Bonchev–Trinajstić information content (AvgIpc) is 2.36. The van der Waals surface area contributed by atoms with Crippen LogP contribution in [0.3, 0.4) is 0 Å². The molecular weight excluding hydrogens is 301 g/mol. The predicted octanol–water partition coefficient (Wildman–Crippen LogP) is 3.97. The van der Waals surface area contributed by atoms with Gasteiger partial charge in [-0.3, -0.25) is 0 Å². The van der Waals surface area contributed by atoms with E-state index in [9.17, 15) is 4.39 Å². The summed E-state index contributed by atoms with van der Waals surface area (Å²) in [6.45, 7) is 0. The van der Waals surface area contributed by atoms with Gasteiger partial charge in [0.15, 0.2) is 17.3 Å². The SMILES string of the molecule is COc1ccc(Oc2cc(Br)ccc2F)c(N)c1. The Morgan fingerprint density at radius 2 is 1.89 bits per heavy atom. The standard InChI is InChI=1S/C13H11BrFNO2/c1-17-9-3-5-12(11(16)7-9)18-13-6-8(14)2-4-10(13)15/h2-7H,16H2,1H3. The van der Waals surface area contributed by atoms with Crippen molar-refractivity contribution in [3.8, 4) is 17.2 Å². The molecule has 94 valence electrons. The minimum Gasteiger partial charge on any atom is -0.497 e. The van der Waals surface area contributed by atoms with E-state index in [0.717, 1.165) is 4.47 Å². The molecule has 2 N–H and O–H groups in total. The lowest BCUT2D eigenvalue weighted by atomic mass is 10.2. The van der Waals surface area contributed by atoms with E-state index in [0.29, 0.717) is 17.2 Å². The van der Waals surface area contributed by atoms with Crippen LogP contribution >= 0.6 is 15.9 Å². The number of halogens is 2. The zero-order valence-corrected chi connectivity index (χ0v) is 11.2. The summed E-state index contributed by atoms with van der Waals surface area (Å²) < 4.78 is 24.7. The highest BCUT2D eigenvalue weighted by Gasteiger charge is 2.08. The third-order valence-electron chi connectivity index (χ3n) is 2.33. The summed E-state index contributed by atoms with van der Waals surface area (Å²) in [7, 11) is 1.54. The van der Waals surface area contributed by atoms with Gasteiger partial charge in [-0.15, -0.1) is 0 Å². The molecule has 0 fully saturated rings. The molecule has 5 heteroatoms. The molecule has 0 heterocycles. The summed E-state index contributed by atoms with van der Waals surface area (Å²) in [5.74, 6) is 0.664. The van der Waals surface area contributed by atoms with Gasteiger partial charge < -0.3 is 15.2 Å². The van der Waals surface area contributed by atoms with E-state index < -0.39 is 5.82 Å². The number of hydrogen-bond acceptors (Lipinski definition) is 3. The molecule has 2 aromatic rings. The Bertz CT molecular complexity index is 575. The first kappa shape index (κ1) is 12.7. The molecule has 2 rings (SSSR count). The van der Waals surface area contributed by atoms with Gasteiger partial charge in [0.2, 0.25) is 0 Å². The van der Waals surface area contributed by atoms with Gasteiger partial charge in [0, 0.05) is 10.5 Å². The lowest BCUT2D eigenvalue weighted by Gasteiger charge is -2.10. The van der Waals surface area contributed by atoms with Crippen molar-refractivity contribution in [1.82, 2.24) is 0 Å². The third kappa shape index (κ3) is 2.73. The summed E-state index contributed by atoms with van der Waals surface area (Å²) in [6, 6.07) is 9.40. The molecule has 0 aliphatic heterocycles. The molecule has 0 aliphatic rings. The van der Waals surface area contributed by atoms with Crippen molar-refractivity contribution in [2.75, 3.05) is 12.8 Å². The fourth-order valence-electron chi connectivity index (χ4n) is 1.42. The lowest BCUT2D eigenvalue weighted by molar-refractivity contribution is 0.412. The van der Waals surface area contributed by atoms with Crippen molar-refractivity contribution in [3.63, 3.8) is 0 Å². The number of rotatable bonds is 3. The first-order valence-corrected chi connectivity index (χ1v) is 5.96. The van der Waals surface area contributed by atoms with Crippen molar-refractivity contribution in [3.05, 3.63) is 46.7 Å². The van der Waals surface area contributed by atoms with E-state index >= 15 is 0 Å². The zero-order chi connectivity index (χ0) is 13.1. The van der Waals surface area contributed by atoms with Crippen LogP contribution in [0.4, 0.5) is 10.1 Å². The van der Waals surface area contributed by atoms with Gasteiger partial charge in [0.25, 0.3) is 0 Å². The van der Waals surface area contributed by atoms with E-state index in [1.54, 1.807) is 37.4 Å². The molecule has 0 unspecified atom stereocenters. The average molecular weight is 312 g/mol. The Balaban J connectivity index is 2.31. The van der Waals surface area contributed by atoms with Gasteiger partial charge in [-0.25, -0.2) is 4.39 Å². The number of hydrogen-bond donors (Lipinski definition) is 1. The molecular formula is C13H11BrFNO2. The Kier molecular flexibility index (Phi) is 3.72. The van der Waals surface area contributed by atoms with Gasteiger partial charge in [-0.1, -0.05) is 15.9 Å². The number of anilines is 1. The smallest absolute Gasteiger partial charge is 0.165 e. The molecule has 0 atom stereocenters. The highest BCUT2D eigenvalue weighted by atomic mass is 79.9. The van der Waals surface area contributed by atoms with Crippen molar-refractivity contribution in [2.24, 2.45) is 0 Å². The maximum Gasteiger partial charge on any atom is 0.165 e. The Labute approximate surface area is 112 Å². The first-order chi connectivity index (χ1) is 8.60. The second kappa shape index (κ2) is 5.27. The zero-order valence-electron chi connectivity index (χ0n) is 9.61. The van der Waals surface area contributed by atoms with Crippen LogP contribution in [0, 0.1) is 5.82 Å². The summed E-state index contributed by atoms with van der Waals surface area (Å²) in [4.78, 5) is 0. The number of nitrogen functional groups attached to an aromatic ring is 1. The fraction of sp³-hybridized carbons (Fsp3) is 0.0769. The van der Waals surface area contributed by atoms with Crippen molar-refractivity contribution in [1.29, 1.82) is 0 Å². The van der Waals surface area contributed by atoms with E-state index in [1.165, 1.54) is 6.07 Å². The van der Waals surface area contributed by atoms with Gasteiger partial charge in [0.05, 0.1) is 12.8 Å². The Morgan fingerprint density at radius 1 is 1.11 bits per heavy atom. The molecule has 0 saturated heterocycles. The maximum atomic E-state index is 13.5. The van der Waals surface area contributed by atoms with Crippen LogP contribution in [-0.4, -0.2) is 7.11 Å². The van der Waals surface area contributed by atoms with E-state index in [1.807, 2.05) is 0 Å². The number of benzene rings is 2. The maximum absolute atomic E-state index is 13.5. The molecule has 0 bridgehead atoms. The molecule has 3 nitrogen and oxygen atoms in total. The van der Waals surface area contributed by atoms with Crippen LogP contribution in [0.1, 0.15) is 0 Å². The second-order valence-corrected chi connectivity index (χ2v) is 4.50. The monoisotopic (exact) mass is 311 g/mol. The highest BCUT2D eigenvalue weighted by molar-refractivity contribution is 9.10. The molecule has 0 spiro atoms. The van der Waals surface area contributed by atoms with Crippen molar-refractivity contribution < 1.29 is 13.9 Å². The minimum absolute atomic E-state index is 0.112. The van der Waals surface area contributed by atoms with Crippen LogP contribution in [0.2, 0.25) is 0 Å². The molecule has 0 radical (unpaired) electrons. The summed E-state index contributed by atoms with van der Waals surface area (Å²) in [5, 5.41) is 0. The first-order valence-electron chi connectivity index (χ1n) is 5.16. The van der Waals surface area contributed by atoms with Crippen LogP contribution < -0.4 is 15.2 Å². The molecule has 0 amide bonds. The predicted molar refractivity (Wildman–Crippen MR) is 71.6 cm³/mol. The van der Waals surface area contributed by atoms with Gasteiger partial charge in [0.1, 0.15) is 5.75 Å². The molecule has 0 aliphatic carbocycles.